The molecule has 2 aliphatic rings. The Labute approximate surface area is 164 Å². The van der Waals surface area contributed by atoms with Gasteiger partial charge in [0.25, 0.3) is 5.91 Å². The van der Waals surface area contributed by atoms with Crippen molar-refractivity contribution in [1.82, 2.24) is 15.3 Å². The third kappa shape index (κ3) is 5.73. The van der Waals surface area contributed by atoms with Crippen LogP contribution in [0.4, 0.5) is 4.39 Å². The molecule has 1 aromatic heterocycles. The largest absolute Gasteiger partial charge is 0.471 e. The molecule has 3 rings (SSSR count). The van der Waals surface area contributed by atoms with Crippen molar-refractivity contribution >= 4 is 15.7 Å². The van der Waals surface area contributed by atoms with E-state index in [1.54, 1.807) is 6.92 Å². The van der Waals surface area contributed by atoms with Crippen LogP contribution >= 0.6 is 0 Å². The lowest BCUT2D eigenvalue weighted by atomic mass is 9.96. The van der Waals surface area contributed by atoms with Crippen LogP contribution in [-0.4, -0.2) is 48.9 Å². The summed E-state index contributed by atoms with van der Waals surface area (Å²) in [5.41, 5.74) is 0.127. The highest BCUT2D eigenvalue weighted by Gasteiger charge is 2.31. The summed E-state index contributed by atoms with van der Waals surface area (Å²) in [4.78, 5) is 21.3. The molecular weight excluding hydrogens is 385 g/mol. The molecule has 0 spiro atoms. The molecule has 2 aliphatic carbocycles. The van der Waals surface area contributed by atoms with Crippen molar-refractivity contribution < 1.29 is 22.3 Å². The minimum absolute atomic E-state index is 0.100. The van der Waals surface area contributed by atoms with E-state index in [9.17, 15) is 17.6 Å². The molecule has 0 aliphatic heterocycles. The van der Waals surface area contributed by atoms with E-state index in [4.69, 9.17) is 4.74 Å². The van der Waals surface area contributed by atoms with E-state index >= 15 is 0 Å². The summed E-state index contributed by atoms with van der Waals surface area (Å²) in [5.74, 6) is 0.490. The number of hydrogen-bond acceptors (Lipinski definition) is 6. The summed E-state index contributed by atoms with van der Waals surface area (Å²) in [6.45, 7) is 1.65. The molecule has 1 heterocycles. The lowest BCUT2D eigenvalue weighted by Gasteiger charge is -2.27. The zero-order chi connectivity index (χ0) is 20.3. The predicted octanol–water partition coefficient (Wildman–Crippen LogP) is 2.69. The van der Waals surface area contributed by atoms with Crippen LogP contribution < -0.4 is 10.1 Å². The average Bonchev–Trinajstić information content (AvgIpc) is 3.46. The SMILES string of the molecule is CC(/C=C/S(C)(=O)=O)NC(=O)c1cnc(C2CC2)nc1O[C@H]1CCCC[C@@H]1F. The fourth-order valence-electron chi connectivity index (χ4n) is 3.08. The van der Waals surface area contributed by atoms with Gasteiger partial charge in [0.1, 0.15) is 23.7 Å². The Kier molecular flexibility index (Phi) is 6.32. The van der Waals surface area contributed by atoms with Crippen LogP contribution in [0.2, 0.25) is 0 Å². The average molecular weight is 411 g/mol. The highest BCUT2D eigenvalue weighted by molar-refractivity contribution is 7.93. The first-order valence-corrected chi connectivity index (χ1v) is 11.5. The first kappa shape index (κ1) is 20.7. The van der Waals surface area contributed by atoms with Gasteiger partial charge in [-0.25, -0.2) is 17.8 Å². The van der Waals surface area contributed by atoms with Crippen molar-refractivity contribution in [3.63, 3.8) is 0 Å². The van der Waals surface area contributed by atoms with E-state index in [1.807, 2.05) is 0 Å². The minimum atomic E-state index is -3.28. The molecule has 28 heavy (non-hydrogen) atoms. The molecule has 7 nitrogen and oxygen atoms in total. The molecule has 1 N–H and O–H groups in total. The zero-order valence-electron chi connectivity index (χ0n) is 16.1. The number of rotatable bonds is 7. The lowest BCUT2D eigenvalue weighted by molar-refractivity contribution is 0.0582. The van der Waals surface area contributed by atoms with E-state index in [-0.39, 0.29) is 17.4 Å². The van der Waals surface area contributed by atoms with Gasteiger partial charge in [0, 0.05) is 29.8 Å². The second-order valence-corrected chi connectivity index (χ2v) is 9.53. The number of aromatic nitrogens is 2. The van der Waals surface area contributed by atoms with E-state index in [0.717, 1.165) is 37.3 Å². The number of carbonyl (C=O) groups excluding carboxylic acids is 1. The summed E-state index contributed by atoms with van der Waals surface area (Å²) < 4.78 is 42.5. The summed E-state index contributed by atoms with van der Waals surface area (Å²) in [7, 11) is -3.28. The molecule has 0 saturated heterocycles. The van der Waals surface area contributed by atoms with Crippen LogP contribution in [0.1, 0.15) is 67.5 Å². The molecule has 3 atom stereocenters. The van der Waals surface area contributed by atoms with Gasteiger partial charge < -0.3 is 10.1 Å². The van der Waals surface area contributed by atoms with Crippen LogP contribution in [0.5, 0.6) is 5.88 Å². The van der Waals surface area contributed by atoms with Crippen molar-refractivity contribution in [3.8, 4) is 5.88 Å². The second kappa shape index (κ2) is 8.55. The summed E-state index contributed by atoms with van der Waals surface area (Å²) >= 11 is 0. The number of carbonyl (C=O) groups is 1. The van der Waals surface area contributed by atoms with Crippen LogP contribution in [0.25, 0.3) is 0 Å². The maximum Gasteiger partial charge on any atom is 0.258 e. The fourth-order valence-corrected chi connectivity index (χ4v) is 3.60. The number of ether oxygens (including phenoxy) is 1. The van der Waals surface area contributed by atoms with Gasteiger partial charge in [-0.3, -0.25) is 4.79 Å². The van der Waals surface area contributed by atoms with Gasteiger partial charge in [-0.1, -0.05) is 12.5 Å². The van der Waals surface area contributed by atoms with Crippen molar-refractivity contribution in [3.05, 3.63) is 29.1 Å². The van der Waals surface area contributed by atoms with Gasteiger partial charge in [-0.05, 0) is 39.0 Å². The van der Waals surface area contributed by atoms with Crippen LogP contribution in [0.15, 0.2) is 17.7 Å². The molecule has 1 unspecified atom stereocenters. The zero-order valence-corrected chi connectivity index (χ0v) is 16.9. The Balaban J connectivity index is 1.78. The summed E-state index contributed by atoms with van der Waals surface area (Å²) in [5, 5.41) is 3.72. The molecule has 1 aromatic rings. The number of halogens is 1. The van der Waals surface area contributed by atoms with E-state index < -0.39 is 34.1 Å². The van der Waals surface area contributed by atoms with E-state index in [0.29, 0.717) is 18.7 Å². The van der Waals surface area contributed by atoms with Gasteiger partial charge in [0.05, 0.1) is 0 Å². The lowest BCUT2D eigenvalue weighted by Crippen LogP contribution is -2.35. The second-order valence-electron chi connectivity index (χ2n) is 7.60. The van der Waals surface area contributed by atoms with Crippen molar-refractivity contribution in [1.29, 1.82) is 0 Å². The molecule has 2 saturated carbocycles. The number of amides is 1. The van der Waals surface area contributed by atoms with Gasteiger partial charge >= 0.3 is 0 Å². The normalized spacial score (nSPS) is 24.1. The van der Waals surface area contributed by atoms with Crippen LogP contribution in [0, 0.1) is 0 Å². The van der Waals surface area contributed by atoms with Gasteiger partial charge in [-0.2, -0.15) is 4.98 Å². The molecular formula is C19H26FN3O4S. The third-order valence-corrected chi connectivity index (χ3v) is 5.47. The number of nitrogens with one attached hydrogen (secondary N) is 1. The van der Waals surface area contributed by atoms with E-state index in [1.165, 1.54) is 12.3 Å². The maximum atomic E-state index is 14.2. The number of nitrogens with zero attached hydrogens (tertiary/aromatic N) is 2. The first-order valence-electron chi connectivity index (χ1n) is 9.59. The first-order chi connectivity index (χ1) is 13.2. The molecule has 1 amide bonds. The number of hydrogen-bond donors (Lipinski definition) is 1. The fraction of sp³-hybridized carbons (Fsp3) is 0.632. The standard InChI is InChI=1S/C19H26FN3O4S/c1-12(9-10-28(2,25)26)22-18(24)14-11-21-17(13-7-8-13)23-19(14)27-16-6-4-3-5-15(16)20/h9-13,15-16H,3-8H2,1-2H3,(H,22,24)/b10-9+/t12?,15-,16-/m0/s1. The highest BCUT2D eigenvalue weighted by atomic mass is 32.2. The Bertz CT molecular complexity index is 855. The van der Waals surface area contributed by atoms with Gasteiger partial charge in [-0.15, -0.1) is 0 Å². The van der Waals surface area contributed by atoms with Gasteiger partial charge in [0.2, 0.25) is 5.88 Å². The van der Waals surface area contributed by atoms with Gasteiger partial charge in [0.15, 0.2) is 9.84 Å². The topological polar surface area (TPSA) is 98.2 Å². The quantitative estimate of drug-likeness (QED) is 0.741. The smallest absolute Gasteiger partial charge is 0.258 e. The Morgan fingerprint density at radius 1 is 1.32 bits per heavy atom. The monoisotopic (exact) mass is 411 g/mol. The molecule has 2 fully saturated rings. The molecule has 154 valence electrons. The maximum absolute atomic E-state index is 14.2. The van der Waals surface area contributed by atoms with Crippen molar-refractivity contribution in [2.75, 3.05) is 6.26 Å². The predicted molar refractivity (Wildman–Crippen MR) is 103 cm³/mol. The Hall–Kier alpha value is -2.03. The highest BCUT2D eigenvalue weighted by Crippen LogP contribution is 2.39. The number of alkyl halides is 1. The molecule has 0 radical (unpaired) electrons. The Morgan fingerprint density at radius 3 is 2.68 bits per heavy atom. The number of sulfone groups is 1. The third-order valence-electron chi connectivity index (χ3n) is 4.82. The molecule has 0 bridgehead atoms. The molecule has 9 heteroatoms. The van der Waals surface area contributed by atoms with E-state index in [2.05, 4.69) is 15.3 Å². The Morgan fingerprint density at radius 2 is 2.04 bits per heavy atom. The minimum Gasteiger partial charge on any atom is -0.471 e. The van der Waals surface area contributed by atoms with Crippen molar-refractivity contribution in [2.45, 2.75) is 69.7 Å². The summed E-state index contributed by atoms with van der Waals surface area (Å²) in [6.07, 6.45) is 6.88. The van der Waals surface area contributed by atoms with Crippen molar-refractivity contribution in [2.24, 2.45) is 0 Å². The molecule has 0 aromatic carbocycles. The summed E-state index contributed by atoms with van der Waals surface area (Å²) in [6, 6.07) is -0.526. The van der Waals surface area contributed by atoms with Crippen LogP contribution in [-0.2, 0) is 9.84 Å². The van der Waals surface area contributed by atoms with Crippen LogP contribution in [0.3, 0.4) is 0 Å².